The van der Waals surface area contributed by atoms with Gasteiger partial charge in [-0.05, 0) is 30.7 Å². The number of anilines is 1. The van der Waals surface area contributed by atoms with Gasteiger partial charge >= 0.3 is 12.2 Å². The van der Waals surface area contributed by atoms with Crippen LogP contribution in [0.25, 0.3) is 0 Å². The molecule has 6 nitrogen and oxygen atoms in total. The molecule has 1 fully saturated rings. The lowest BCUT2D eigenvalue weighted by Crippen LogP contribution is -2.45. The largest absolute Gasteiger partial charge is 0.416 e. The van der Waals surface area contributed by atoms with Gasteiger partial charge in [0.15, 0.2) is 6.19 Å². The summed E-state index contributed by atoms with van der Waals surface area (Å²) in [5, 5.41) is 11.5. The highest BCUT2D eigenvalue weighted by Crippen LogP contribution is 2.30. The first-order valence-electron chi connectivity index (χ1n) is 7.73. The van der Waals surface area contributed by atoms with E-state index in [9.17, 15) is 18.0 Å². The van der Waals surface area contributed by atoms with Gasteiger partial charge in [-0.25, -0.2) is 4.79 Å². The number of likely N-dealkylation sites (tertiary alicyclic amines) is 1. The van der Waals surface area contributed by atoms with Crippen LogP contribution in [0.2, 0.25) is 0 Å². The monoisotopic (exact) mass is 356 g/mol. The maximum absolute atomic E-state index is 12.6. The van der Waals surface area contributed by atoms with Crippen LogP contribution >= 0.6 is 0 Å². The Morgan fingerprint density at radius 1 is 1.44 bits per heavy atom. The molecule has 1 aromatic rings. The van der Waals surface area contributed by atoms with Crippen molar-refractivity contribution < 1.29 is 22.7 Å². The molecule has 1 N–H and O–H groups in total. The van der Waals surface area contributed by atoms with E-state index in [0.717, 1.165) is 12.1 Å². The first kappa shape index (κ1) is 18.9. The number of hydrogen-bond donors (Lipinski definition) is 1. The number of ether oxygens (including phenoxy) is 1. The quantitative estimate of drug-likeness (QED) is 0.824. The van der Waals surface area contributed by atoms with Crippen LogP contribution in [0.5, 0.6) is 0 Å². The predicted octanol–water partition coefficient (Wildman–Crippen LogP) is 2.74. The SMILES string of the molecule is COCCN(C(=O)Nc1ccc(C(F)(F)F)cc1)C1CCN(C#N)C1. The Labute approximate surface area is 143 Å². The van der Waals surface area contributed by atoms with Crippen LogP contribution in [0.3, 0.4) is 0 Å². The maximum Gasteiger partial charge on any atom is 0.416 e. The van der Waals surface area contributed by atoms with Crippen LogP contribution in [0, 0.1) is 11.5 Å². The summed E-state index contributed by atoms with van der Waals surface area (Å²) in [4.78, 5) is 15.6. The summed E-state index contributed by atoms with van der Waals surface area (Å²) in [6.07, 6.45) is -1.72. The Hall–Kier alpha value is -2.47. The molecule has 1 aliphatic heterocycles. The summed E-state index contributed by atoms with van der Waals surface area (Å²) >= 11 is 0. The van der Waals surface area contributed by atoms with E-state index in [4.69, 9.17) is 10.00 Å². The molecule has 25 heavy (non-hydrogen) atoms. The number of carbonyl (C=O) groups excluding carboxylic acids is 1. The molecule has 0 spiro atoms. The van der Waals surface area contributed by atoms with Gasteiger partial charge in [0.25, 0.3) is 0 Å². The van der Waals surface area contributed by atoms with E-state index < -0.39 is 17.8 Å². The Balaban J connectivity index is 2.05. The molecule has 1 aromatic carbocycles. The molecular formula is C16H19F3N4O2. The van der Waals surface area contributed by atoms with Crippen LogP contribution in [0.1, 0.15) is 12.0 Å². The van der Waals surface area contributed by atoms with Crippen molar-refractivity contribution in [3.8, 4) is 6.19 Å². The Morgan fingerprint density at radius 3 is 2.64 bits per heavy atom. The number of halogens is 3. The number of benzene rings is 1. The second-order valence-electron chi connectivity index (χ2n) is 5.68. The number of alkyl halides is 3. The molecule has 2 rings (SSSR count). The molecule has 2 amide bonds. The minimum absolute atomic E-state index is 0.149. The summed E-state index contributed by atoms with van der Waals surface area (Å²) < 4.78 is 42.8. The lowest BCUT2D eigenvalue weighted by molar-refractivity contribution is -0.137. The zero-order chi connectivity index (χ0) is 18.4. The van der Waals surface area contributed by atoms with Gasteiger partial charge in [0.2, 0.25) is 0 Å². The first-order chi connectivity index (χ1) is 11.8. The topological polar surface area (TPSA) is 68.6 Å². The number of nitrogens with one attached hydrogen (secondary N) is 1. The molecule has 1 saturated heterocycles. The summed E-state index contributed by atoms with van der Waals surface area (Å²) in [6, 6.07) is 3.69. The minimum atomic E-state index is -4.42. The molecule has 1 aliphatic rings. The highest BCUT2D eigenvalue weighted by molar-refractivity contribution is 5.89. The second-order valence-corrected chi connectivity index (χ2v) is 5.68. The van der Waals surface area contributed by atoms with Crippen LogP contribution in [0.4, 0.5) is 23.7 Å². The van der Waals surface area contributed by atoms with Gasteiger partial charge in [-0.3, -0.25) is 0 Å². The highest BCUT2D eigenvalue weighted by Gasteiger charge is 2.31. The normalized spacial score (nSPS) is 17.2. The van der Waals surface area contributed by atoms with Crippen molar-refractivity contribution >= 4 is 11.7 Å². The van der Waals surface area contributed by atoms with Crippen LogP contribution in [-0.2, 0) is 10.9 Å². The lowest BCUT2D eigenvalue weighted by Gasteiger charge is -2.28. The van der Waals surface area contributed by atoms with Crippen molar-refractivity contribution in [3.63, 3.8) is 0 Å². The fourth-order valence-corrected chi connectivity index (χ4v) is 2.66. The molecule has 9 heteroatoms. The fraction of sp³-hybridized carbons (Fsp3) is 0.500. The average Bonchev–Trinajstić information content (AvgIpc) is 3.04. The first-order valence-corrected chi connectivity index (χ1v) is 7.73. The van der Waals surface area contributed by atoms with Crippen molar-refractivity contribution in [2.24, 2.45) is 0 Å². The van der Waals surface area contributed by atoms with Crippen LogP contribution in [-0.4, -0.2) is 55.2 Å². The number of nitriles is 1. The fourth-order valence-electron chi connectivity index (χ4n) is 2.66. The highest BCUT2D eigenvalue weighted by atomic mass is 19.4. The van der Waals surface area contributed by atoms with Crippen LogP contribution in [0.15, 0.2) is 24.3 Å². The average molecular weight is 356 g/mol. The number of urea groups is 1. The Kier molecular flexibility index (Phi) is 6.09. The molecule has 1 heterocycles. The number of nitrogens with zero attached hydrogens (tertiary/aromatic N) is 3. The maximum atomic E-state index is 12.6. The van der Waals surface area contributed by atoms with E-state index in [2.05, 4.69) is 11.5 Å². The molecule has 0 bridgehead atoms. The summed E-state index contributed by atoms with van der Waals surface area (Å²) in [7, 11) is 1.52. The van der Waals surface area contributed by atoms with Gasteiger partial charge in [-0.2, -0.15) is 18.4 Å². The molecule has 0 saturated carbocycles. The van der Waals surface area contributed by atoms with Gasteiger partial charge in [0, 0.05) is 32.4 Å². The number of methoxy groups -OCH3 is 1. The number of amides is 2. The summed E-state index contributed by atoms with van der Waals surface area (Å²) in [5.41, 5.74) is -0.502. The van der Waals surface area contributed by atoms with Crippen molar-refractivity contribution in [2.45, 2.75) is 18.6 Å². The molecule has 0 radical (unpaired) electrons. The molecule has 0 aliphatic carbocycles. The van der Waals surface area contributed by atoms with Crippen molar-refractivity contribution in [1.29, 1.82) is 5.26 Å². The van der Waals surface area contributed by atoms with Gasteiger partial charge in [-0.15, -0.1) is 0 Å². The number of rotatable bonds is 5. The molecule has 0 aromatic heterocycles. The van der Waals surface area contributed by atoms with Crippen molar-refractivity contribution in [2.75, 3.05) is 38.7 Å². The third-order valence-electron chi connectivity index (χ3n) is 4.01. The van der Waals surface area contributed by atoms with Crippen molar-refractivity contribution in [3.05, 3.63) is 29.8 Å². The third-order valence-corrected chi connectivity index (χ3v) is 4.01. The lowest BCUT2D eigenvalue weighted by atomic mass is 10.2. The second kappa shape index (κ2) is 8.07. The summed E-state index contributed by atoms with van der Waals surface area (Å²) in [6.45, 7) is 1.65. The molecule has 136 valence electrons. The number of hydrogen-bond acceptors (Lipinski definition) is 4. The smallest absolute Gasteiger partial charge is 0.383 e. The van der Waals surface area contributed by atoms with Crippen LogP contribution < -0.4 is 5.32 Å². The minimum Gasteiger partial charge on any atom is -0.383 e. The zero-order valence-corrected chi connectivity index (χ0v) is 13.7. The van der Waals surface area contributed by atoms with Gasteiger partial charge in [0.05, 0.1) is 18.2 Å². The van der Waals surface area contributed by atoms with E-state index in [1.807, 2.05) is 0 Å². The third kappa shape index (κ3) is 5.00. The molecule has 1 unspecified atom stereocenters. The summed E-state index contributed by atoms with van der Waals surface area (Å²) in [5.74, 6) is 0. The van der Waals surface area contributed by atoms with E-state index in [1.165, 1.54) is 19.2 Å². The zero-order valence-electron chi connectivity index (χ0n) is 13.7. The number of carbonyl (C=O) groups is 1. The van der Waals surface area contributed by atoms with E-state index in [1.54, 1.807) is 9.80 Å². The van der Waals surface area contributed by atoms with Gasteiger partial charge in [0.1, 0.15) is 0 Å². The molecule has 1 atom stereocenters. The molecular weight excluding hydrogens is 337 g/mol. The Morgan fingerprint density at radius 2 is 2.12 bits per heavy atom. The van der Waals surface area contributed by atoms with E-state index in [0.29, 0.717) is 32.7 Å². The standard InChI is InChI=1S/C16H19F3N4O2/c1-25-9-8-23(14-6-7-22(10-14)11-20)15(24)21-13-4-2-12(3-5-13)16(17,18)19/h2-5,14H,6-10H2,1H3,(H,21,24). The Bertz CT molecular complexity index is 628. The van der Waals surface area contributed by atoms with Gasteiger partial charge < -0.3 is 19.9 Å². The van der Waals surface area contributed by atoms with E-state index >= 15 is 0 Å². The van der Waals surface area contributed by atoms with Crippen molar-refractivity contribution in [1.82, 2.24) is 9.80 Å². The predicted molar refractivity (Wildman–Crippen MR) is 84.6 cm³/mol. The van der Waals surface area contributed by atoms with Gasteiger partial charge in [-0.1, -0.05) is 0 Å². The van der Waals surface area contributed by atoms with E-state index in [-0.39, 0.29) is 11.7 Å².